The van der Waals surface area contributed by atoms with E-state index in [0.717, 1.165) is 18.2 Å². The Kier molecular flexibility index (Phi) is 3.78. The Labute approximate surface area is 104 Å². The largest absolute Gasteiger partial charge is 0.416 e. The van der Waals surface area contributed by atoms with Crippen molar-refractivity contribution in [1.82, 2.24) is 4.72 Å². The SMILES string of the molecule is CC(C)(C)NS(=O)(=O)c1cccc(C(F)(F)F)c1. The van der Waals surface area contributed by atoms with Gasteiger partial charge in [0.25, 0.3) is 0 Å². The summed E-state index contributed by atoms with van der Waals surface area (Å²) in [5, 5.41) is 0. The number of rotatable bonds is 2. The number of halogens is 3. The van der Waals surface area contributed by atoms with Crippen LogP contribution in [0.5, 0.6) is 0 Å². The molecule has 0 aliphatic rings. The fraction of sp³-hybridized carbons (Fsp3) is 0.455. The number of benzene rings is 1. The van der Waals surface area contributed by atoms with Crippen LogP contribution in [0, 0.1) is 0 Å². The van der Waals surface area contributed by atoms with E-state index in [1.165, 1.54) is 0 Å². The number of hydrogen-bond acceptors (Lipinski definition) is 2. The highest BCUT2D eigenvalue weighted by molar-refractivity contribution is 7.89. The molecule has 0 spiro atoms. The third kappa shape index (κ3) is 3.99. The third-order valence-electron chi connectivity index (χ3n) is 1.91. The predicted molar refractivity (Wildman–Crippen MR) is 61.5 cm³/mol. The summed E-state index contributed by atoms with van der Waals surface area (Å²) in [6, 6.07) is 3.65. The summed E-state index contributed by atoms with van der Waals surface area (Å²) in [6.07, 6.45) is -4.56. The fourth-order valence-electron chi connectivity index (χ4n) is 1.30. The van der Waals surface area contributed by atoms with Crippen LogP contribution in [0.4, 0.5) is 13.2 Å². The van der Waals surface area contributed by atoms with Crippen LogP contribution in [0.15, 0.2) is 29.2 Å². The summed E-state index contributed by atoms with van der Waals surface area (Å²) in [5.41, 5.74) is -1.74. The van der Waals surface area contributed by atoms with Gasteiger partial charge in [0.05, 0.1) is 10.5 Å². The summed E-state index contributed by atoms with van der Waals surface area (Å²) in [4.78, 5) is -0.396. The molecule has 18 heavy (non-hydrogen) atoms. The lowest BCUT2D eigenvalue weighted by atomic mass is 10.1. The first-order chi connectivity index (χ1) is 7.92. The molecule has 7 heteroatoms. The summed E-state index contributed by atoms with van der Waals surface area (Å²) < 4.78 is 63.4. The van der Waals surface area contributed by atoms with E-state index in [-0.39, 0.29) is 0 Å². The standard InChI is InChI=1S/C11H14F3NO2S/c1-10(2,3)15-18(16,17)9-6-4-5-8(7-9)11(12,13)14/h4-7,15H,1-3H3. The van der Waals surface area contributed by atoms with Crippen molar-refractivity contribution >= 4 is 10.0 Å². The number of hydrogen-bond donors (Lipinski definition) is 1. The fourth-order valence-corrected chi connectivity index (χ4v) is 2.77. The second kappa shape index (κ2) is 4.55. The first-order valence-electron chi connectivity index (χ1n) is 5.13. The normalized spacial score (nSPS) is 13.7. The van der Waals surface area contributed by atoms with Gasteiger partial charge in [0, 0.05) is 5.54 Å². The molecule has 0 saturated carbocycles. The molecule has 0 atom stereocenters. The van der Waals surface area contributed by atoms with Crippen LogP contribution in [0.3, 0.4) is 0 Å². The van der Waals surface area contributed by atoms with E-state index in [1.54, 1.807) is 20.8 Å². The van der Waals surface area contributed by atoms with E-state index in [2.05, 4.69) is 4.72 Å². The quantitative estimate of drug-likeness (QED) is 0.906. The van der Waals surface area contributed by atoms with E-state index < -0.39 is 32.2 Å². The van der Waals surface area contributed by atoms with Gasteiger partial charge >= 0.3 is 6.18 Å². The first kappa shape index (κ1) is 15.0. The summed E-state index contributed by atoms with van der Waals surface area (Å²) >= 11 is 0. The van der Waals surface area contributed by atoms with Crippen LogP contribution < -0.4 is 4.72 Å². The van der Waals surface area contributed by atoms with E-state index in [9.17, 15) is 21.6 Å². The van der Waals surface area contributed by atoms with Gasteiger partial charge in [-0.15, -0.1) is 0 Å². The minimum atomic E-state index is -4.56. The maximum Gasteiger partial charge on any atom is 0.416 e. The van der Waals surface area contributed by atoms with Crippen molar-refractivity contribution < 1.29 is 21.6 Å². The Morgan fingerprint density at radius 3 is 2.11 bits per heavy atom. The number of sulfonamides is 1. The molecule has 0 heterocycles. The van der Waals surface area contributed by atoms with E-state index in [1.807, 2.05) is 0 Å². The van der Waals surface area contributed by atoms with E-state index in [4.69, 9.17) is 0 Å². The maximum atomic E-state index is 12.5. The van der Waals surface area contributed by atoms with Gasteiger partial charge in [-0.3, -0.25) is 0 Å². The zero-order valence-electron chi connectivity index (χ0n) is 10.2. The predicted octanol–water partition coefficient (Wildman–Crippen LogP) is 2.78. The number of alkyl halides is 3. The average molecular weight is 281 g/mol. The molecule has 0 bridgehead atoms. The Hall–Kier alpha value is -1.08. The van der Waals surface area contributed by atoms with Crippen molar-refractivity contribution in [2.45, 2.75) is 37.4 Å². The molecule has 3 nitrogen and oxygen atoms in total. The lowest BCUT2D eigenvalue weighted by molar-refractivity contribution is -0.137. The lowest BCUT2D eigenvalue weighted by Gasteiger charge is -2.20. The first-order valence-corrected chi connectivity index (χ1v) is 6.61. The van der Waals surface area contributed by atoms with Gasteiger partial charge in [-0.05, 0) is 39.0 Å². The van der Waals surface area contributed by atoms with Gasteiger partial charge in [0.2, 0.25) is 10.0 Å². The second-order valence-corrected chi connectivity index (χ2v) is 6.56. The van der Waals surface area contributed by atoms with Crippen molar-refractivity contribution in [1.29, 1.82) is 0 Å². The summed E-state index contributed by atoms with van der Waals surface area (Å²) in [5.74, 6) is 0. The molecule has 0 aromatic heterocycles. The third-order valence-corrected chi connectivity index (χ3v) is 3.67. The van der Waals surface area contributed by atoms with Crippen molar-refractivity contribution in [2.75, 3.05) is 0 Å². The maximum absolute atomic E-state index is 12.5. The molecular weight excluding hydrogens is 267 g/mol. The van der Waals surface area contributed by atoms with Crippen molar-refractivity contribution in [2.24, 2.45) is 0 Å². The van der Waals surface area contributed by atoms with Gasteiger partial charge in [-0.1, -0.05) is 6.07 Å². The topological polar surface area (TPSA) is 46.2 Å². The molecule has 1 aromatic carbocycles. The van der Waals surface area contributed by atoms with Crippen molar-refractivity contribution in [3.05, 3.63) is 29.8 Å². The van der Waals surface area contributed by atoms with Crippen LogP contribution in [0.1, 0.15) is 26.3 Å². The molecule has 0 amide bonds. The monoisotopic (exact) mass is 281 g/mol. The zero-order chi connectivity index (χ0) is 14.2. The van der Waals surface area contributed by atoms with Gasteiger partial charge in [-0.2, -0.15) is 13.2 Å². The van der Waals surface area contributed by atoms with Crippen LogP contribution in [-0.2, 0) is 16.2 Å². The molecule has 1 rings (SSSR count). The van der Waals surface area contributed by atoms with Gasteiger partial charge in [0.1, 0.15) is 0 Å². The highest BCUT2D eigenvalue weighted by Gasteiger charge is 2.32. The molecule has 0 aliphatic carbocycles. The smallest absolute Gasteiger partial charge is 0.207 e. The molecular formula is C11H14F3NO2S. The van der Waals surface area contributed by atoms with Crippen LogP contribution >= 0.6 is 0 Å². The van der Waals surface area contributed by atoms with Gasteiger partial charge < -0.3 is 0 Å². The van der Waals surface area contributed by atoms with Gasteiger partial charge in [0.15, 0.2) is 0 Å². The molecule has 0 saturated heterocycles. The molecule has 0 fully saturated rings. The molecule has 1 aromatic rings. The number of nitrogens with one attached hydrogen (secondary N) is 1. The van der Waals surface area contributed by atoms with Crippen molar-refractivity contribution in [3.8, 4) is 0 Å². The minimum absolute atomic E-state index is 0.396. The molecule has 0 aliphatic heterocycles. The summed E-state index contributed by atoms with van der Waals surface area (Å²) in [7, 11) is -3.95. The van der Waals surface area contributed by atoms with Crippen LogP contribution in [-0.4, -0.2) is 14.0 Å². The Balaban J connectivity index is 3.19. The van der Waals surface area contributed by atoms with E-state index >= 15 is 0 Å². The molecule has 0 unspecified atom stereocenters. The highest BCUT2D eigenvalue weighted by atomic mass is 32.2. The average Bonchev–Trinajstić information content (AvgIpc) is 2.13. The van der Waals surface area contributed by atoms with Gasteiger partial charge in [-0.25, -0.2) is 13.1 Å². The lowest BCUT2D eigenvalue weighted by Crippen LogP contribution is -2.40. The minimum Gasteiger partial charge on any atom is -0.207 e. The Bertz CT molecular complexity index is 530. The Morgan fingerprint density at radius 1 is 1.11 bits per heavy atom. The zero-order valence-corrected chi connectivity index (χ0v) is 11.0. The molecule has 0 radical (unpaired) electrons. The second-order valence-electron chi connectivity index (χ2n) is 4.88. The highest BCUT2D eigenvalue weighted by Crippen LogP contribution is 2.30. The summed E-state index contributed by atoms with van der Waals surface area (Å²) in [6.45, 7) is 4.83. The molecule has 102 valence electrons. The van der Waals surface area contributed by atoms with Crippen LogP contribution in [0.25, 0.3) is 0 Å². The molecule has 1 N–H and O–H groups in total. The van der Waals surface area contributed by atoms with Crippen molar-refractivity contribution in [3.63, 3.8) is 0 Å². The Morgan fingerprint density at radius 2 is 1.67 bits per heavy atom. The van der Waals surface area contributed by atoms with E-state index in [0.29, 0.717) is 6.07 Å². The van der Waals surface area contributed by atoms with Crippen LogP contribution in [0.2, 0.25) is 0 Å².